The van der Waals surface area contributed by atoms with E-state index in [1.165, 1.54) is 12.1 Å². The normalized spacial score (nSPS) is 18.9. The van der Waals surface area contributed by atoms with E-state index in [1.807, 2.05) is 19.1 Å². The number of likely N-dealkylation sites (tertiary alicyclic amines) is 1. The lowest BCUT2D eigenvalue weighted by atomic mass is 9.78. The Morgan fingerprint density at radius 2 is 1.55 bits per heavy atom. The summed E-state index contributed by atoms with van der Waals surface area (Å²) in [6.45, 7) is 4.67. The first-order chi connectivity index (χ1) is 19.0. The van der Waals surface area contributed by atoms with Crippen LogP contribution in [-0.4, -0.2) is 72.7 Å². The lowest BCUT2D eigenvalue weighted by molar-refractivity contribution is -0.262. The number of amides is 2. The maximum absolute atomic E-state index is 14.0. The van der Waals surface area contributed by atoms with Crippen molar-refractivity contribution in [3.05, 3.63) is 64.7 Å². The molecule has 218 valence electrons. The van der Waals surface area contributed by atoms with Crippen molar-refractivity contribution in [1.29, 1.82) is 0 Å². The summed E-state index contributed by atoms with van der Waals surface area (Å²) in [5.41, 5.74) is -2.57. The predicted octanol–water partition coefficient (Wildman–Crippen LogP) is 5.73. The van der Waals surface area contributed by atoms with Crippen LogP contribution in [-0.2, 0) is 10.4 Å². The monoisotopic (exact) mass is 579 g/mol. The Balaban J connectivity index is 1.33. The Morgan fingerprint density at radius 1 is 0.975 bits per heavy atom. The Bertz CT molecular complexity index is 1180. The molecule has 1 N–H and O–H groups in total. The lowest BCUT2D eigenvalue weighted by Gasteiger charge is -2.42. The molecule has 2 aliphatic heterocycles. The highest BCUT2D eigenvalue weighted by atomic mass is 35.5. The van der Waals surface area contributed by atoms with Gasteiger partial charge in [-0.05, 0) is 62.1 Å². The highest BCUT2D eigenvalue weighted by Gasteiger charge is 2.62. The van der Waals surface area contributed by atoms with Gasteiger partial charge in [0, 0.05) is 51.0 Å². The van der Waals surface area contributed by atoms with Crippen LogP contribution in [0.25, 0.3) is 0 Å². The van der Waals surface area contributed by atoms with E-state index in [2.05, 4.69) is 4.90 Å². The lowest BCUT2D eigenvalue weighted by Crippen LogP contribution is -2.57. The number of aliphatic hydroxyl groups is 1. The number of rotatable bonds is 7. The molecule has 4 rings (SSSR count). The second-order valence-corrected chi connectivity index (χ2v) is 11.3. The second-order valence-electron chi connectivity index (χ2n) is 10.9. The van der Waals surface area contributed by atoms with E-state index in [4.69, 9.17) is 11.6 Å². The van der Waals surface area contributed by atoms with Crippen LogP contribution < -0.4 is 4.90 Å². The number of hydrogen-bond acceptors (Lipinski definition) is 4. The zero-order valence-electron chi connectivity index (χ0n) is 23.0. The number of carbonyl (C=O) groups is 2. The summed E-state index contributed by atoms with van der Waals surface area (Å²) in [5, 5.41) is 11.1. The molecule has 1 unspecified atom stereocenters. The molecule has 2 aromatic rings. The molecule has 0 saturated carbocycles. The molecular weight excluding hydrogens is 543 g/mol. The highest BCUT2D eigenvalue weighted by molar-refractivity contribution is 6.34. The highest BCUT2D eigenvalue weighted by Crippen LogP contribution is 2.42. The number of halogens is 4. The van der Waals surface area contributed by atoms with Crippen LogP contribution in [0.1, 0.15) is 54.9 Å². The SMILES string of the molecule is CCCN(C)C(=O)c1ccc(N2CCC(C3CCN(C(=O)C(O)(c4ccccc4)C(F)(F)F)CC3)CC2)cc1Cl. The maximum Gasteiger partial charge on any atom is 0.430 e. The van der Waals surface area contributed by atoms with Gasteiger partial charge < -0.3 is 19.8 Å². The Kier molecular flexibility index (Phi) is 9.35. The van der Waals surface area contributed by atoms with Crippen LogP contribution in [0.4, 0.5) is 18.9 Å². The number of piperidine rings is 2. The van der Waals surface area contributed by atoms with E-state index >= 15 is 0 Å². The zero-order chi connectivity index (χ0) is 29.1. The van der Waals surface area contributed by atoms with E-state index in [-0.39, 0.29) is 19.0 Å². The molecule has 6 nitrogen and oxygen atoms in total. The van der Waals surface area contributed by atoms with Crippen LogP contribution in [0.3, 0.4) is 0 Å². The molecule has 0 spiro atoms. The molecule has 0 radical (unpaired) electrons. The van der Waals surface area contributed by atoms with Gasteiger partial charge in [-0.3, -0.25) is 9.59 Å². The summed E-state index contributed by atoms with van der Waals surface area (Å²) in [7, 11) is 1.76. The molecule has 0 aromatic heterocycles. The smallest absolute Gasteiger partial charge is 0.371 e. The number of hydrogen-bond donors (Lipinski definition) is 1. The molecule has 2 amide bonds. The van der Waals surface area contributed by atoms with Crippen LogP contribution in [0, 0.1) is 11.8 Å². The van der Waals surface area contributed by atoms with E-state index in [0.717, 1.165) is 55.1 Å². The van der Waals surface area contributed by atoms with Gasteiger partial charge >= 0.3 is 6.18 Å². The van der Waals surface area contributed by atoms with Crippen molar-refractivity contribution in [2.75, 3.05) is 44.7 Å². The number of benzene rings is 2. The Hall–Kier alpha value is -2.78. The van der Waals surface area contributed by atoms with E-state index in [1.54, 1.807) is 24.1 Å². The molecule has 40 heavy (non-hydrogen) atoms. The second kappa shape index (κ2) is 12.4. The minimum atomic E-state index is -5.13. The van der Waals surface area contributed by atoms with Gasteiger partial charge in [-0.15, -0.1) is 0 Å². The minimum Gasteiger partial charge on any atom is -0.371 e. The van der Waals surface area contributed by atoms with Crippen molar-refractivity contribution in [3.63, 3.8) is 0 Å². The maximum atomic E-state index is 14.0. The van der Waals surface area contributed by atoms with Gasteiger partial charge in [-0.2, -0.15) is 13.2 Å². The number of nitrogens with zero attached hydrogens (tertiary/aromatic N) is 3. The van der Waals surface area contributed by atoms with Crippen molar-refractivity contribution in [2.45, 2.75) is 50.8 Å². The fraction of sp³-hybridized carbons (Fsp3) is 0.533. The third kappa shape index (κ3) is 6.10. The Labute approximate surface area is 238 Å². The average molecular weight is 580 g/mol. The predicted molar refractivity (Wildman–Crippen MR) is 149 cm³/mol. The van der Waals surface area contributed by atoms with Crippen LogP contribution >= 0.6 is 11.6 Å². The van der Waals surface area contributed by atoms with Gasteiger partial charge in [-0.25, -0.2) is 0 Å². The molecule has 0 bridgehead atoms. The molecule has 10 heteroatoms. The zero-order valence-corrected chi connectivity index (χ0v) is 23.7. The summed E-state index contributed by atoms with van der Waals surface area (Å²) in [4.78, 5) is 30.7. The third-order valence-corrected chi connectivity index (χ3v) is 8.71. The first-order valence-electron chi connectivity index (χ1n) is 13.9. The molecular formula is C30H37ClF3N3O3. The Morgan fingerprint density at radius 3 is 2.08 bits per heavy atom. The van der Waals surface area contributed by atoms with E-state index in [9.17, 15) is 27.9 Å². The van der Waals surface area contributed by atoms with Gasteiger partial charge in [0.25, 0.3) is 17.4 Å². The van der Waals surface area contributed by atoms with Crippen LogP contribution in [0.2, 0.25) is 5.02 Å². The molecule has 2 aromatic carbocycles. The fourth-order valence-corrected chi connectivity index (χ4v) is 6.29. The quantitative estimate of drug-likeness (QED) is 0.455. The van der Waals surface area contributed by atoms with Gasteiger partial charge in [0.2, 0.25) is 0 Å². The summed E-state index contributed by atoms with van der Waals surface area (Å²) in [6, 6.07) is 12.1. The largest absolute Gasteiger partial charge is 0.430 e. The van der Waals surface area contributed by atoms with E-state index < -0.39 is 23.2 Å². The fourth-order valence-electron chi connectivity index (χ4n) is 6.04. The van der Waals surface area contributed by atoms with Crippen LogP contribution in [0.15, 0.2) is 48.5 Å². The van der Waals surface area contributed by atoms with Gasteiger partial charge in [0.15, 0.2) is 0 Å². The molecule has 0 aliphatic carbocycles. The number of alkyl halides is 3. The van der Waals surface area contributed by atoms with Crippen molar-refractivity contribution < 1.29 is 27.9 Å². The molecule has 2 fully saturated rings. The summed E-state index contributed by atoms with van der Waals surface area (Å²) < 4.78 is 41.9. The standard InChI is InChI=1S/C30H37ClF3N3O3/c1-3-15-35(2)27(38)25-10-9-24(20-26(25)31)36-16-11-21(12-17-36)22-13-18-37(19-14-22)28(39)29(40,30(32,33)34)23-7-5-4-6-8-23/h4-10,20-22,40H,3,11-19H2,1-2H3. The van der Waals surface area contributed by atoms with Gasteiger partial charge in [0.05, 0.1) is 10.6 Å². The molecule has 1 atom stereocenters. The number of carbonyl (C=O) groups excluding carboxylic acids is 2. The summed E-state index contributed by atoms with van der Waals surface area (Å²) in [5.74, 6) is -0.693. The van der Waals surface area contributed by atoms with Crippen molar-refractivity contribution in [1.82, 2.24) is 9.80 Å². The van der Waals surface area contributed by atoms with Crippen LogP contribution in [0.5, 0.6) is 0 Å². The topological polar surface area (TPSA) is 64.1 Å². The number of anilines is 1. The van der Waals surface area contributed by atoms with Gasteiger partial charge in [-0.1, -0.05) is 48.9 Å². The van der Waals surface area contributed by atoms with E-state index in [0.29, 0.717) is 41.8 Å². The van der Waals surface area contributed by atoms with Gasteiger partial charge in [0.1, 0.15) is 0 Å². The first-order valence-corrected chi connectivity index (χ1v) is 14.3. The molecule has 2 heterocycles. The van der Waals surface area contributed by atoms with Crippen molar-refractivity contribution in [2.24, 2.45) is 11.8 Å². The third-order valence-electron chi connectivity index (χ3n) is 8.40. The first kappa shape index (κ1) is 30.2. The van der Waals surface area contributed by atoms with Crippen molar-refractivity contribution >= 4 is 29.1 Å². The average Bonchev–Trinajstić information content (AvgIpc) is 2.96. The molecule has 2 aliphatic rings. The molecule has 2 saturated heterocycles. The summed E-state index contributed by atoms with van der Waals surface area (Å²) >= 11 is 6.48. The summed E-state index contributed by atoms with van der Waals surface area (Å²) in [6.07, 6.45) is -1.21. The minimum absolute atomic E-state index is 0.0978. The van der Waals surface area contributed by atoms with Crippen molar-refractivity contribution in [3.8, 4) is 0 Å².